The molecule has 92 valence electrons. The van der Waals surface area contributed by atoms with Crippen molar-refractivity contribution < 1.29 is 4.79 Å². The first-order chi connectivity index (χ1) is 9.22. The van der Waals surface area contributed by atoms with Crippen molar-refractivity contribution in [3.63, 3.8) is 0 Å². The van der Waals surface area contributed by atoms with Gasteiger partial charge in [0.05, 0.1) is 11.4 Å². The van der Waals surface area contributed by atoms with Crippen LogP contribution in [-0.4, -0.2) is 21.2 Å². The van der Waals surface area contributed by atoms with Crippen LogP contribution in [-0.2, 0) is 0 Å². The Labute approximate surface area is 112 Å². The summed E-state index contributed by atoms with van der Waals surface area (Å²) in [6.07, 6.45) is 0. The van der Waals surface area contributed by atoms with Crippen molar-refractivity contribution in [2.75, 3.05) is 5.75 Å². The fourth-order valence-corrected chi connectivity index (χ4v) is 2.77. The lowest BCUT2D eigenvalue weighted by molar-refractivity contribution is 0.0933. The largest absolute Gasteiger partial charge is 0.279 e. The molecule has 0 saturated carbocycles. The number of aromatic nitrogens is 2. The molecular weight excluding hydrogens is 262 g/mol. The molecule has 2 heterocycles. The summed E-state index contributed by atoms with van der Waals surface area (Å²) in [5.41, 5.74) is 0.355. The minimum absolute atomic E-state index is 0.0919. The summed E-state index contributed by atoms with van der Waals surface area (Å²) in [7, 11) is 0. The van der Waals surface area contributed by atoms with Gasteiger partial charge in [0.2, 0.25) is 5.91 Å². The highest BCUT2D eigenvalue weighted by molar-refractivity contribution is 8.00. The number of benzene rings is 1. The zero-order valence-electron chi connectivity index (χ0n) is 9.66. The molecule has 1 aliphatic heterocycles. The fraction of sp³-hybridized carbons (Fsp3) is 0.0769. The van der Waals surface area contributed by atoms with E-state index in [0.29, 0.717) is 16.4 Å². The van der Waals surface area contributed by atoms with Crippen LogP contribution >= 0.6 is 11.8 Å². The number of thioether (sulfide) groups is 1. The molecule has 0 atom stereocenters. The van der Waals surface area contributed by atoms with Gasteiger partial charge in [0.15, 0.2) is 5.16 Å². The molecule has 2 aromatic rings. The number of rotatable bonds is 1. The van der Waals surface area contributed by atoms with E-state index >= 15 is 0 Å². The molecule has 5 nitrogen and oxygen atoms in total. The van der Waals surface area contributed by atoms with Crippen molar-refractivity contribution in [2.45, 2.75) is 5.16 Å². The van der Waals surface area contributed by atoms with Crippen molar-refractivity contribution in [1.29, 1.82) is 5.26 Å². The van der Waals surface area contributed by atoms with Gasteiger partial charge >= 0.3 is 0 Å². The van der Waals surface area contributed by atoms with E-state index in [-0.39, 0.29) is 17.2 Å². The van der Waals surface area contributed by atoms with Crippen molar-refractivity contribution in [3.8, 4) is 17.3 Å². The minimum Gasteiger partial charge on any atom is -0.273 e. The second-order valence-corrected chi connectivity index (χ2v) is 4.86. The molecule has 19 heavy (non-hydrogen) atoms. The predicted molar refractivity (Wildman–Crippen MR) is 70.0 cm³/mol. The first-order valence-electron chi connectivity index (χ1n) is 5.51. The average Bonchev–Trinajstić information content (AvgIpc) is 2.81. The molecular formula is C13H7N3O2S. The van der Waals surface area contributed by atoms with E-state index in [1.165, 1.54) is 11.8 Å². The molecule has 0 aliphatic carbocycles. The fourth-order valence-electron chi connectivity index (χ4n) is 1.91. The van der Waals surface area contributed by atoms with E-state index in [1.807, 2.05) is 12.1 Å². The van der Waals surface area contributed by atoms with Crippen LogP contribution in [0.4, 0.5) is 0 Å². The molecule has 0 unspecified atom stereocenters. The first kappa shape index (κ1) is 11.7. The molecule has 0 spiro atoms. The van der Waals surface area contributed by atoms with Crippen LogP contribution < -0.4 is 5.56 Å². The number of nitrogens with zero attached hydrogens (tertiary/aromatic N) is 3. The Balaban J connectivity index is 2.35. The maximum absolute atomic E-state index is 12.2. The third-order valence-electron chi connectivity index (χ3n) is 2.79. The van der Waals surface area contributed by atoms with Gasteiger partial charge in [-0.1, -0.05) is 42.1 Å². The highest BCUT2D eigenvalue weighted by Gasteiger charge is 2.26. The third kappa shape index (κ3) is 1.75. The molecule has 1 aromatic heterocycles. The Bertz CT molecular complexity index is 775. The number of nitriles is 1. The lowest BCUT2D eigenvalue weighted by atomic mass is 10.1. The summed E-state index contributed by atoms with van der Waals surface area (Å²) in [6.45, 7) is 0. The Morgan fingerprint density at radius 1 is 1.26 bits per heavy atom. The molecule has 0 radical (unpaired) electrons. The van der Waals surface area contributed by atoms with Gasteiger partial charge < -0.3 is 0 Å². The van der Waals surface area contributed by atoms with Crippen molar-refractivity contribution in [3.05, 3.63) is 46.2 Å². The Hall–Kier alpha value is -2.39. The molecule has 1 aliphatic rings. The molecule has 3 rings (SSSR count). The van der Waals surface area contributed by atoms with Crippen LogP contribution in [0.15, 0.2) is 40.3 Å². The average molecular weight is 269 g/mol. The van der Waals surface area contributed by atoms with Gasteiger partial charge in [-0.25, -0.2) is 9.55 Å². The molecule has 6 heteroatoms. The maximum Gasteiger partial charge on any atom is 0.279 e. The Kier molecular flexibility index (Phi) is 2.69. The number of hydrogen-bond donors (Lipinski definition) is 0. The van der Waals surface area contributed by atoms with E-state index in [1.54, 1.807) is 24.3 Å². The Morgan fingerprint density at radius 3 is 2.68 bits per heavy atom. The number of fused-ring (bicyclic) bond motifs is 1. The number of carbonyl (C=O) groups excluding carboxylic acids is 1. The van der Waals surface area contributed by atoms with Gasteiger partial charge in [0, 0.05) is 5.56 Å². The first-order valence-corrected chi connectivity index (χ1v) is 6.49. The molecule has 0 bridgehead atoms. The van der Waals surface area contributed by atoms with Crippen LogP contribution in [0.25, 0.3) is 11.3 Å². The topological polar surface area (TPSA) is 75.8 Å². The second-order valence-electron chi connectivity index (χ2n) is 3.92. The summed E-state index contributed by atoms with van der Waals surface area (Å²) in [6, 6.07) is 10.9. The smallest absolute Gasteiger partial charge is 0.273 e. The van der Waals surface area contributed by atoms with Gasteiger partial charge in [-0.3, -0.25) is 9.59 Å². The van der Waals surface area contributed by atoms with Gasteiger partial charge in [0.1, 0.15) is 11.6 Å². The minimum atomic E-state index is -0.582. The van der Waals surface area contributed by atoms with Crippen LogP contribution in [0.3, 0.4) is 0 Å². The van der Waals surface area contributed by atoms with Crippen molar-refractivity contribution >= 4 is 17.7 Å². The number of hydrogen-bond acceptors (Lipinski definition) is 5. The van der Waals surface area contributed by atoms with Gasteiger partial charge in [-0.15, -0.1) is 0 Å². The van der Waals surface area contributed by atoms with E-state index in [9.17, 15) is 9.59 Å². The lowest BCUT2D eigenvalue weighted by Gasteiger charge is -2.06. The molecule has 0 saturated heterocycles. The van der Waals surface area contributed by atoms with E-state index < -0.39 is 5.56 Å². The summed E-state index contributed by atoms with van der Waals surface area (Å²) in [5, 5.41) is 9.51. The predicted octanol–water partition coefficient (Wildman–Crippen LogP) is 1.53. The summed E-state index contributed by atoms with van der Waals surface area (Å²) in [4.78, 5) is 28.0. The van der Waals surface area contributed by atoms with E-state index in [2.05, 4.69) is 4.98 Å². The zero-order valence-corrected chi connectivity index (χ0v) is 10.5. The standard InChI is InChI=1S/C13H7N3O2S/c14-6-9-11(8-4-2-1-3-5-8)15-13-16(12(9)18)10(17)7-19-13/h1-5H,7H2. The monoisotopic (exact) mass is 269 g/mol. The van der Waals surface area contributed by atoms with Gasteiger partial charge in [-0.05, 0) is 0 Å². The molecule has 0 N–H and O–H groups in total. The van der Waals surface area contributed by atoms with Crippen LogP contribution in [0.2, 0.25) is 0 Å². The number of carbonyl (C=O) groups is 1. The molecule has 1 aromatic carbocycles. The second kappa shape index (κ2) is 4.37. The normalized spacial score (nSPS) is 13.1. The summed E-state index contributed by atoms with van der Waals surface area (Å²) < 4.78 is 0.982. The summed E-state index contributed by atoms with van der Waals surface area (Å²) >= 11 is 1.21. The Morgan fingerprint density at radius 2 is 2.00 bits per heavy atom. The summed E-state index contributed by atoms with van der Waals surface area (Å²) in [5.74, 6) is -0.139. The van der Waals surface area contributed by atoms with Gasteiger partial charge in [0.25, 0.3) is 5.56 Å². The van der Waals surface area contributed by atoms with Crippen molar-refractivity contribution in [2.24, 2.45) is 0 Å². The van der Waals surface area contributed by atoms with E-state index in [4.69, 9.17) is 5.26 Å². The maximum atomic E-state index is 12.2. The molecule has 0 fully saturated rings. The SMILES string of the molecule is N#Cc1c(-c2ccccc2)nc2n(c1=O)C(=O)CS2. The van der Waals surface area contributed by atoms with Crippen molar-refractivity contribution in [1.82, 2.24) is 9.55 Å². The van der Waals surface area contributed by atoms with Crippen LogP contribution in [0.1, 0.15) is 10.4 Å². The molecule has 0 amide bonds. The zero-order chi connectivity index (χ0) is 13.4. The van der Waals surface area contributed by atoms with Crippen LogP contribution in [0.5, 0.6) is 0 Å². The quantitative estimate of drug-likeness (QED) is 0.734. The third-order valence-corrected chi connectivity index (χ3v) is 3.71. The van der Waals surface area contributed by atoms with Gasteiger partial charge in [-0.2, -0.15) is 5.26 Å². The lowest BCUT2D eigenvalue weighted by Crippen LogP contribution is -2.28. The van der Waals surface area contributed by atoms with E-state index in [0.717, 1.165) is 4.57 Å². The highest BCUT2D eigenvalue weighted by Crippen LogP contribution is 2.26. The van der Waals surface area contributed by atoms with Crippen LogP contribution in [0, 0.1) is 11.3 Å². The highest BCUT2D eigenvalue weighted by atomic mass is 32.2.